The van der Waals surface area contributed by atoms with Gasteiger partial charge in [-0.1, -0.05) is 17.7 Å². The molecule has 1 unspecified atom stereocenters. The number of rotatable bonds is 3. The van der Waals surface area contributed by atoms with Crippen molar-refractivity contribution in [1.82, 2.24) is 0 Å². The van der Waals surface area contributed by atoms with Crippen molar-refractivity contribution in [2.45, 2.75) is 30.3 Å². The second-order valence-corrected chi connectivity index (χ2v) is 5.39. The zero-order chi connectivity index (χ0) is 12.0. The monoisotopic (exact) mass is 248 g/mol. The number of aryl methyl sites for hydroxylation is 1. The Balaban J connectivity index is 2.17. The lowest BCUT2D eigenvalue weighted by Gasteiger charge is -2.04. The van der Waals surface area contributed by atoms with Crippen LogP contribution in [0.1, 0.15) is 12.0 Å². The largest absolute Gasteiger partial charge is 0.297 e. The average molecular weight is 248 g/mol. The van der Waals surface area contributed by atoms with Crippen molar-refractivity contribution >= 4 is 10.1 Å². The van der Waals surface area contributed by atoms with E-state index in [0.717, 1.165) is 5.56 Å². The first kappa shape index (κ1) is 11.5. The van der Waals surface area contributed by atoms with Gasteiger partial charge in [-0.05, 0) is 19.1 Å². The van der Waals surface area contributed by atoms with E-state index in [4.69, 9.17) is 0 Å². The van der Waals surface area contributed by atoms with Crippen LogP contribution in [-0.4, -0.2) is 20.4 Å². The number of halogens is 2. The highest BCUT2D eigenvalue weighted by Gasteiger charge is 2.60. The normalized spacial score (nSPS) is 23.1. The zero-order valence-electron chi connectivity index (χ0n) is 8.48. The Labute approximate surface area is 92.2 Å². The summed E-state index contributed by atoms with van der Waals surface area (Å²) < 4.78 is 52.5. The molecule has 0 aliphatic heterocycles. The van der Waals surface area contributed by atoms with Crippen LogP contribution >= 0.6 is 0 Å². The molecule has 1 aromatic rings. The molecule has 1 aromatic carbocycles. The fourth-order valence-electron chi connectivity index (χ4n) is 1.21. The lowest BCUT2D eigenvalue weighted by Crippen LogP contribution is -2.12. The van der Waals surface area contributed by atoms with Crippen LogP contribution in [0.5, 0.6) is 0 Å². The quantitative estimate of drug-likeness (QED) is 0.769. The summed E-state index contributed by atoms with van der Waals surface area (Å²) in [5, 5.41) is 0. The summed E-state index contributed by atoms with van der Waals surface area (Å²) in [6.07, 6.45) is -2.03. The molecule has 0 radical (unpaired) electrons. The minimum atomic E-state index is -4.06. The third-order valence-electron chi connectivity index (χ3n) is 2.32. The molecule has 1 fully saturated rings. The van der Waals surface area contributed by atoms with Gasteiger partial charge in [0.25, 0.3) is 16.0 Å². The third kappa shape index (κ3) is 2.22. The lowest BCUT2D eigenvalue weighted by atomic mass is 10.2. The molecule has 2 rings (SSSR count). The molecule has 3 nitrogen and oxygen atoms in total. The third-order valence-corrected chi connectivity index (χ3v) is 3.66. The summed E-state index contributed by atoms with van der Waals surface area (Å²) in [6, 6.07) is 5.85. The SMILES string of the molecule is Cc1ccc(S(=O)(=O)OC2CC2(F)F)cc1. The predicted octanol–water partition coefficient (Wildman–Crippen LogP) is 2.11. The highest BCUT2D eigenvalue weighted by molar-refractivity contribution is 7.86. The molecule has 0 bridgehead atoms. The standard InChI is InChI=1S/C10H10F2O3S/c1-7-2-4-8(5-3-7)16(13,14)15-9-6-10(9,11)12/h2-5,9H,6H2,1H3. The van der Waals surface area contributed by atoms with E-state index in [1.54, 1.807) is 19.1 Å². The molecule has 1 atom stereocenters. The molecule has 0 N–H and O–H groups in total. The van der Waals surface area contributed by atoms with Crippen molar-refractivity contribution in [2.75, 3.05) is 0 Å². The van der Waals surface area contributed by atoms with Gasteiger partial charge in [-0.25, -0.2) is 8.78 Å². The first-order valence-corrected chi connectivity index (χ1v) is 6.10. The smallest absolute Gasteiger partial charge is 0.256 e. The van der Waals surface area contributed by atoms with Crippen LogP contribution in [-0.2, 0) is 14.3 Å². The molecular weight excluding hydrogens is 238 g/mol. The summed E-state index contributed by atoms with van der Waals surface area (Å²) in [6.45, 7) is 1.80. The maximum absolute atomic E-state index is 12.5. The Hall–Kier alpha value is -1.01. The van der Waals surface area contributed by atoms with Crippen LogP contribution in [0.4, 0.5) is 8.78 Å². The molecule has 88 valence electrons. The molecule has 1 saturated carbocycles. The van der Waals surface area contributed by atoms with Gasteiger partial charge in [0.1, 0.15) is 6.10 Å². The molecule has 1 aliphatic carbocycles. The van der Waals surface area contributed by atoms with E-state index in [2.05, 4.69) is 4.18 Å². The summed E-state index contributed by atoms with van der Waals surface area (Å²) in [5.41, 5.74) is 0.885. The van der Waals surface area contributed by atoms with Crippen molar-refractivity contribution < 1.29 is 21.4 Å². The maximum Gasteiger partial charge on any atom is 0.297 e. The first-order valence-electron chi connectivity index (χ1n) is 4.69. The van der Waals surface area contributed by atoms with Gasteiger partial charge < -0.3 is 0 Å². The van der Waals surface area contributed by atoms with Crippen LogP contribution in [0.25, 0.3) is 0 Å². The van der Waals surface area contributed by atoms with Crippen LogP contribution < -0.4 is 0 Å². The van der Waals surface area contributed by atoms with Crippen molar-refractivity contribution in [3.05, 3.63) is 29.8 Å². The van der Waals surface area contributed by atoms with E-state index in [0.29, 0.717) is 0 Å². The fraction of sp³-hybridized carbons (Fsp3) is 0.400. The summed E-state index contributed by atoms with van der Waals surface area (Å²) in [5.74, 6) is -3.00. The Morgan fingerprint density at radius 3 is 2.25 bits per heavy atom. The van der Waals surface area contributed by atoms with E-state index in [1.165, 1.54) is 12.1 Å². The Morgan fingerprint density at radius 1 is 1.31 bits per heavy atom. The molecule has 1 aliphatic rings. The van der Waals surface area contributed by atoms with Crippen LogP contribution in [0, 0.1) is 6.92 Å². The van der Waals surface area contributed by atoms with Gasteiger partial charge in [0.05, 0.1) is 4.90 Å². The highest BCUT2D eigenvalue weighted by Crippen LogP contribution is 2.45. The van der Waals surface area contributed by atoms with Gasteiger partial charge in [-0.2, -0.15) is 8.42 Å². The van der Waals surface area contributed by atoms with Gasteiger partial charge >= 0.3 is 0 Å². The predicted molar refractivity (Wildman–Crippen MR) is 52.8 cm³/mol. The van der Waals surface area contributed by atoms with Crippen molar-refractivity contribution in [3.63, 3.8) is 0 Å². The van der Waals surface area contributed by atoms with E-state index in [9.17, 15) is 17.2 Å². The second kappa shape index (κ2) is 3.49. The summed E-state index contributed by atoms with van der Waals surface area (Å²) >= 11 is 0. The molecule has 0 amide bonds. The van der Waals surface area contributed by atoms with Crippen molar-refractivity contribution in [3.8, 4) is 0 Å². The summed E-state index contributed by atoms with van der Waals surface area (Å²) in [7, 11) is -4.06. The maximum atomic E-state index is 12.5. The molecule has 0 saturated heterocycles. The van der Waals surface area contributed by atoms with Crippen LogP contribution in [0.3, 0.4) is 0 Å². The minimum Gasteiger partial charge on any atom is -0.256 e. The van der Waals surface area contributed by atoms with Crippen LogP contribution in [0.2, 0.25) is 0 Å². The van der Waals surface area contributed by atoms with Gasteiger partial charge in [-0.3, -0.25) is 4.18 Å². The Kier molecular flexibility index (Phi) is 2.51. The zero-order valence-corrected chi connectivity index (χ0v) is 9.30. The Bertz CT molecular complexity index is 493. The molecule has 6 heteroatoms. The topological polar surface area (TPSA) is 43.4 Å². The van der Waals surface area contributed by atoms with Crippen molar-refractivity contribution in [1.29, 1.82) is 0 Å². The number of alkyl halides is 2. The van der Waals surface area contributed by atoms with Gasteiger partial charge in [0, 0.05) is 6.42 Å². The highest BCUT2D eigenvalue weighted by atomic mass is 32.2. The van der Waals surface area contributed by atoms with Crippen molar-refractivity contribution in [2.24, 2.45) is 0 Å². The van der Waals surface area contributed by atoms with E-state index >= 15 is 0 Å². The summed E-state index contributed by atoms with van der Waals surface area (Å²) in [4.78, 5) is -0.0965. The average Bonchev–Trinajstić information content (AvgIpc) is 2.73. The molecule has 16 heavy (non-hydrogen) atoms. The van der Waals surface area contributed by atoms with Crippen LogP contribution in [0.15, 0.2) is 29.2 Å². The first-order chi connectivity index (χ1) is 7.31. The molecule has 0 aromatic heterocycles. The van der Waals surface area contributed by atoms with E-state index in [-0.39, 0.29) is 4.90 Å². The molecular formula is C10H10F2O3S. The number of benzene rings is 1. The Morgan fingerprint density at radius 2 is 1.81 bits per heavy atom. The van der Waals surface area contributed by atoms with E-state index in [1.807, 2.05) is 0 Å². The number of hydrogen-bond donors (Lipinski definition) is 0. The second-order valence-electron chi connectivity index (χ2n) is 3.82. The van der Waals surface area contributed by atoms with Gasteiger partial charge in [0.15, 0.2) is 0 Å². The lowest BCUT2D eigenvalue weighted by molar-refractivity contribution is 0.0686. The molecule has 0 spiro atoms. The number of hydrogen-bond acceptors (Lipinski definition) is 3. The minimum absolute atomic E-state index is 0.0965. The van der Waals surface area contributed by atoms with E-state index < -0.39 is 28.6 Å². The fourth-order valence-corrected chi connectivity index (χ4v) is 2.30. The van der Waals surface area contributed by atoms with Gasteiger partial charge in [-0.15, -0.1) is 0 Å². The van der Waals surface area contributed by atoms with Gasteiger partial charge in [0.2, 0.25) is 0 Å². The molecule has 0 heterocycles.